The van der Waals surface area contributed by atoms with Crippen molar-refractivity contribution in [1.82, 2.24) is 9.97 Å². The van der Waals surface area contributed by atoms with Crippen LogP contribution < -0.4 is 16.2 Å². The Balaban J connectivity index is 1.71. The Morgan fingerprint density at radius 1 is 1.38 bits per heavy atom. The van der Waals surface area contributed by atoms with Crippen molar-refractivity contribution in [3.63, 3.8) is 0 Å². The molecule has 0 spiro atoms. The maximum atomic E-state index is 5.50. The van der Waals surface area contributed by atoms with Crippen LogP contribution in [0.1, 0.15) is 31.5 Å². The second-order valence-electron chi connectivity index (χ2n) is 6.42. The molecule has 3 N–H and O–H groups in total. The highest BCUT2D eigenvalue weighted by Crippen LogP contribution is 2.48. The van der Waals surface area contributed by atoms with E-state index >= 15 is 0 Å². The van der Waals surface area contributed by atoms with E-state index in [0.717, 1.165) is 30.1 Å². The Morgan fingerprint density at radius 3 is 2.86 bits per heavy atom. The molecule has 6 nitrogen and oxygen atoms in total. The summed E-state index contributed by atoms with van der Waals surface area (Å²) in [6.07, 6.45) is 5.68. The van der Waals surface area contributed by atoms with Gasteiger partial charge in [0.15, 0.2) is 5.82 Å². The lowest BCUT2D eigenvalue weighted by Crippen LogP contribution is -2.29. The van der Waals surface area contributed by atoms with Gasteiger partial charge in [-0.05, 0) is 37.0 Å². The molecule has 3 rings (SSSR count). The van der Waals surface area contributed by atoms with E-state index in [4.69, 9.17) is 10.6 Å². The van der Waals surface area contributed by atoms with Gasteiger partial charge in [0.25, 0.3) is 0 Å². The number of nitrogen functional groups attached to an aromatic ring is 1. The van der Waals surface area contributed by atoms with Crippen molar-refractivity contribution in [3.05, 3.63) is 11.9 Å². The minimum Gasteiger partial charge on any atom is -0.377 e. The first-order valence-electron chi connectivity index (χ1n) is 7.74. The maximum Gasteiger partial charge on any atom is 0.158 e. The van der Waals surface area contributed by atoms with Gasteiger partial charge in [-0.3, -0.25) is 0 Å². The minimum atomic E-state index is 0.393. The Hall–Kier alpha value is -1.40. The van der Waals surface area contributed by atoms with Crippen LogP contribution >= 0.6 is 0 Å². The molecule has 2 saturated carbocycles. The molecule has 3 unspecified atom stereocenters. The Kier molecular flexibility index (Phi) is 4.26. The number of nitrogens with one attached hydrogen (secondary N) is 1. The molecule has 1 heterocycles. The van der Waals surface area contributed by atoms with Crippen molar-refractivity contribution in [2.24, 2.45) is 23.6 Å². The first-order chi connectivity index (χ1) is 10.2. The predicted octanol–water partition coefficient (Wildman–Crippen LogP) is 1.78. The first-order valence-corrected chi connectivity index (χ1v) is 7.74. The molecule has 0 aromatic carbocycles. The molecule has 2 aliphatic carbocycles. The highest BCUT2D eigenvalue weighted by Gasteiger charge is 2.39. The van der Waals surface area contributed by atoms with E-state index in [0.29, 0.717) is 18.2 Å². The number of nitrogens with zero attached hydrogens (tertiary/aromatic N) is 3. The normalized spacial score (nSPS) is 27.1. The largest absolute Gasteiger partial charge is 0.377 e. The van der Waals surface area contributed by atoms with E-state index < -0.39 is 0 Å². The second kappa shape index (κ2) is 6.15. The molecule has 21 heavy (non-hydrogen) atoms. The van der Waals surface area contributed by atoms with Gasteiger partial charge in [0.05, 0.1) is 0 Å². The SMILES string of the molecule is COCc1nc(NN)cc(N(C)CC2CC3CCC2C3)n1. The summed E-state index contributed by atoms with van der Waals surface area (Å²) in [6, 6.07) is 1.90. The predicted molar refractivity (Wildman–Crippen MR) is 82.8 cm³/mol. The first kappa shape index (κ1) is 14.5. The standard InChI is InChI=1S/C15H25N5O/c1-20(8-12-6-10-3-4-11(12)5-10)15-7-13(19-16)17-14(18-15)9-21-2/h7,10-12H,3-6,8-9,16H2,1-2H3,(H,17,18,19). The van der Waals surface area contributed by atoms with Gasteiger partial charge in [0, 0.05) is 26.8 Å². The van der Waals surface area contributed by atoms with Crippen molar-refractivity contribution in [1.29, 1.82) is 0 Å². The van der Waals surface area contributed by atoms with Gasteiger partial charge in [-0.2, -0.15) is 0 Å². The molecule has 0 radical (unpaired) electrons. The molecule has 0 amide bonds. The zero-order chi connectivity index (χ0) is 14.8. The molecule has 3 atom stereocenters. The van der Waals surface area contributed by atoms with Crippen molar-refractivity contribution >= 4 is 11.6 Å². The van der Waals surface area contributed by atoms with Crippen molar-refractivity contribution in [2.45, 2.75) is 32.3 Å². The average molecular weight is 291 g/mol. The van der Waals surface area contributed by atoms with E-state index in [-0.39, 0.29) is 0 Å². The van der Waals surface area contributed by atoms with E-state index in [1.54, 1.807) is 7.11 Å². The van der Waals surface area contributed by atoms with Crippen LogP contribution in [0.4, 0.5) is 11.6 Å². The third-order valence-corrected chi connectivity index (χ3v) is 4.96. The molecule has 2 aliphatic rings. The van der Waals surface area contributed by atoms with Crippen LogP contribution in [0, 0.1) is 17.8 Å². The smallest absolute Gasteiger partial charge is 0.158 e. The van der Waals surface area contributed by atoms with E-state index in [9.17, 15) is 0 Å². The highest BCUT2D eigenvalue weighted by atomic mass is 16.5. The molecule has 2 bridgehead atoms. The number of hydrogen-bond donors (Lipinski definition) is 2. The highest BCUT2D eigenvalue weighted by molar-refractivity contribution is 5.48. The number of fused-ring (bicyclic) bond motifs is 2. The number of nitrogens with two attached hydrogens (primary N) is 1. The summed E-state index contributed by atoms with van der Waals surface area (Å²) in [7, 11) is 3.75. The Bertz CT molecular complexity index is 495. The number of anilines is 2. The van der Waals surface area contributed by atoms with Crippen molar-refractivity contribution in [2.75, 3.05) is 31.0 Å². The molecule has 116 valence electrons. The summed E-state index contributed by atoms with van der Waals surface area (Å²) in [6.45, 7) is 1.46. The Morgan fingerprint density at radius 2 is 2.24 bits per heavy atom. The van der Waals surface area contributed by atoms with Crippen LogP contribution in [0.15, 0.2) is 6.07 Å². The molecular weight excluding hydrogens is 266 g/mol. The van der Waals surface area contributed by atoms with Gasteiger partial charge in [0.2, 0.25) is 0 Å². The zero-order valence-corrected chi connectivity index (χ0v) is 12.9. The van der Waals surface area contributed by atoms with Gasteiger partial charge >= 0.3 is 0 Å². The summed E-state index contributed by atoms with van der Waals surface area (Å²) in [5.74, 6) is 10.4. The Labute approximate surface area is 126 Å². The number of hydrazine groups is 1. The lowest BCUT2D eigenvalue weighted by molar-refractivity contribution is 0.178. The summed E-state index contributed by atoms with van der Waals surface area (Å²) in [4.78, 5) is 11.1. The average Bonchev–Trinajstić information content (AvgIpc) is 3.09. The van der Waals surface area contributed by atoms with E-state index in [1.807, 2.05) is 6.07 Å². The number of rotatable bonds is 6. The van der Waals surface area contributed by atoms with Crippen LogP contribution in [0.3, 0.4) is 0 Å². The summed E-state index contributed by atoms with van der Waals surface area (Å²) < 4.78 is 5.12. The van der Waals surface area contributed by atoms with Gasteiger partial charge in [0.1, 0.15) is 18.2 Å². The second-order valence-corrected chi connectivity index (χ2v) is 6.42. The molecule has 6 heteroatoms. The zero-order valence-electron chi connectivity index (χ0n) is 12.9. The van der Waals surface area contributed by atoms with Gasteiger partial charge < -0.3 is 15.1 Å². The topological polar surface area (TPSA) is 76.3 Å². The number of hydrogen-bond acceptors (Lipinski definition) is 6. The fourth-order valence-electron chi connectivity index (χ4n) is 3.99. The monoisotopic (exact) mass is 291 g/mol. The fraction of sp³-hybridized carbons (Fsp3) is 0.733. The number of ether oxygens (including phenoxy) is 1. The molecule has 0 saturated heterocycles. The van der Waals surface area contributed by atoms with Crippen molar-refractivity contribution in [3.8, 4) is 0 Å². The summed E-state index contributed by atoms with van der Waals surface area (Å²) in [5, 5.41) is 0. The molecule has 0 aliphatic heterocycles. The molecule has 1 aromatic rings. The van der Waals surface area contributed by atoms with Crippen LogP contribution in [0.2, 0.25) is 0 Å². The van der Waals surface area contributed by atoms with Crippen LogP contribution in [-0.4, -0.2) is 30.7 Å². The lowest BCUT2D eigenvalue weighted by Gasteiger charge is -2.28. The minimum absolute atomic E-state index is 0.393. The van der Waals surface area contributed by atoms with Gasteiger partial charge in [-0.15, -0.1) is 0 Å². The van der Waals surface area contributed by atoms with Crippen LogP contribution in [0.5, 0.6) is 0 Å². The summed E-state index contributed by atoms with van der Waals surface area (Å²) >= 11 is 0. The van der Waals surface area contributed by atoms with E-state index in [2.05, 4.69) is 27.3 Å². The van der Waals surface area contributed by atoms with Gasteiger partial charge in [-0.1, -0.05) is 6.42 Å². The van der Waals surface area contributed by atoms with Crippen LogP contribution in [0.25, 0.3) is 0 Å². The molecular formula is C15H25N5O. The molecule has 1 aromatic heterocycles. The fourth-order valence-corrected chi connectivity index (χ4v) is 3.99. The quantitative estimate of drug-likeness (QED) is 0.614. The summed E-state index contributed by atoms with van der Waals surface area (Å²) in [5.41, 5.74) is 2.61. The number of methoxy groups -OCH3 is 1. The number of aromatic nitrogens is 2. The van der Waals surface area contributed by atoms with Gasteiger partial charge in [-0.25, -0.2) is 15.8 Å². The lowest BCUT2D eigenvalue weighted by atomic mass is 9.88. The maximum absolute atomic E-state index is 5.50. The third kappa shape index (κ3) is 3.11. The van der Waals surface area contributed by atoms with E-state index in [1.165, 1.54) is 25.7 Å². The molecule has 2 fully saturated rings. The third-order valence-electron chi connectivity index (χ3n) is 4.96. The van der Waals surface area contributed by atoms with Crippen LogP contribution in [-0.2, 0) is 11.3 Å². The van der Waals surface area contributed by atoms with Crippen molar-refractivity contribution < 1.29 is 4.74 Å².